The zero-order valence-electron chi connectivity index (χ0n) is 15.2. The fourth-order valence-corrected chi connectivity index (χ4v) is 3.35. The maximum Gasteiger partial charge on any atom is 0.191 e. The maximum absolute atomic E-state index is 9.69. The van der Waals surface area contributed by atoms with Crippen molar-refractivity contribution in [2.45, 2.75) is 50.8 Å². The summed E-state index contributed by atoms with van der Waals surface area (Å²) in [6, 6.07) is 12.5. The second-order valence-electron chi connectivity index (χ2n) is 6.70. The second kappa shape index (κ2) is 11.7. The largest absolute Gasteiger partial charge is 0.469 e. The Labute approximate surface area is 186 Å². The smallest absolute Gasteiger partial charge is 0.191 e. The molecule has 1 heterocycles. The van der Waals surface area contributed by atoms with Crippen LogP contribution in [0.15, 0.2) is 56.5 Å². The summed E-state index contributed by atoms with van der Waals surface area (Å²) >= 11 is 3.46. The van der Waals surface area contributed by atoms with Gasteiger partial charge in [-0.05, 0) is 55.5 Å². The van der Waals surface area contributed by atoms with Crippen LogP contribution in [-0.4, -0.2) is 29.8 Å². The first kappa shape index (κ1) is 22.2. The lowest BCUT2D eigenvalue weighted by molar-refractivity contribution is 0.120. The van der Waals surface area contributed by atoms with E-state index in [0.717, 1.165) is 54.8 Å². The van der Waals surface area contributed by atoms with Crippen LogP contribution in [0.3, 0.4) is 0 Å². The van der Waals surface area contributed by atoms with E-state index in [9.17, 15) is 5.11 Å². The molecule has 1 saturated carbocycles. The minimum Gasteiger partial charge on any atom is -0.469 e. The number of guanidine groups is 1. The Hall–Kier alpha value is -1.06. The molecule has 1 aromatic carbocycles. The molecule has 148 valence electrons. The number of nitrogens with one attached hydrogen (secondary N) is 2. The van der Waals surface area contributed by atoms with Crippen LogP contribution in [0.5, 0.6) is 0 Å². The van der Waals surface area contributed by atoms with Gasteiger partial charge in [-0.15, -0.1) is 24.0 Å². The van der Waals surface area contributed by atoms with Crippen molar-refractivity contribution in [1.82, 2.24) is 10.6 Å². The molecule has 0 unspecified atom stereocenters. The minimum absolute atomic E-state index is 0. The standard InChI is InChI=1S/C20H26BrN3O2.HI/c21-16-5-3-15(4-6-16)14-23-20(22-12-11-19-2-1-13-26-19)24-17-7-9-18(25)10-8-17;/h1-6,13,17-18,25H,7-12,14H2,(H2,22,23,24);1H. The molecule has 1 aliphatic rings. The molecule has 27 heavy (non-hydrogen) atoms. The van der Waals surface area contributed by atoms with Crippen LogP contribution in [0.25, 0.3) is 0 Å². The molecule has 0 atom stereocenters. The fraction of sp³-hybridized carbons (Fsp3) is 0.450. The van der Waals surface area contributed by atoms with Crippen molar-refractivity contribution < 1.29 is 9.52 Å². The summed E-state index contributed by atoms with van der Waals surface area (Å²) in [5.41, 5.74) is 1.17. The summed E-state index contributed by atoms with van der Waals surface area (Å²) in [6.07, 6.45) is 6.01. The first-order chi connectivity index (χ1) is 12.7. The summed E-state index contributed by atoms with van der Waals surface area (Å²) in [5, 5.41) is 16.6. The molecule has 0 bridgehead atoms. The molecular weight excluding hydrogens is 521 g/mol. The molecule has 1 aromatic heterocycles. The first-order valence-electron chi connectivity index (χ1n) is 9.19. The molecule has 0 amide bonds. The average Bonchev–Trinajstić information content (AvgIpc) is 3.16. The van der Waals surface area contributed by atoms with Crippen molar-refractivity contribution in [1.29, 1.82) is 0 Å². The Bertz CT molecular complexity index is 684. The molecular formula is C20H27BrIN3O2. The van der Waals surface area contributed by atoms with Gasteiger partial charge in [0.25, 0.3) is 0 Å². The molecule has 2 aromatic rings. The van der Waals surface area contributed by atoms with Gasteiger partial charge >= 0.3 is 0 Å². The number of hydrogen-bond acceptors (Lipinski definition) is 3. The fourth-order valence-electron chi connectivity index (χ4n) is 3.09. The third-order valence-corrected chi connectivity index (χ3v) is 5.14. The highest BCUT2D eigenvalue weighted by molar-refractivity contribution is 14.0. The number of nitrogens with zero attached hydrogens (tertiary/aromatic N) is 1. The molecule has 5 nitrogen and oxygen atoms in total. The number of aliphatic hydroxyl groups excluding tert-OH is 1. The Kier molecular flexibility index (Phi) is 9.64. The van der Waals surface area contributed by atoms with Crippen LogP contribution in [0.4, 0.5) is 0 Å². The van der Waals surface area contributed by atoms with Gasteiger partial charge in [0.2, 0.25) is 0 Å². The molecule has 7 heteroatoms. The average molecular weight is 548 g/mol. The van der Waals surface area contributed by atoms with E-state index in [0.29, 0.717) is 12.6 Å². The van der Waals surface area contributed by atoms with E-state index in [1.807, 2.05) is 24.3 Å². The van der Waals surface area contributed by atoms with Gasteiger partial charge in [-0.3, -0.25) is 0 Å². The third-order valence-electron chi connectivity index (χ3n) is 4.61. The van der Waals surface area contributed by atoms with Gasteiger partial charge in [-0.2, -0.15) is 0 Å². The number of aliphatic imine (C=N–C) groups is 1. The summed E-state index contributed by atoms with van der Waals surface area (Å²) in [4.78, 5) is 4.74. The third kappa shape index (κ3) is 7.83. The van der Waals surface area contributed by atoms with Crippen molar-refractivity contribution in [3.63, 3.8) is 0 Å². The lowest BCUT2D eigenvalue weighted by atomic mass is 9.93. The number of aliphatic hydroxyl groups is 1. The maximum atomic E-state index is 9.69. The number of furan rings is 1. The molecule has 0 spiro atoms. The number of rotatable bonds is 6. The zero-order chi connectivity index (χ0) is 18.2. The Morgan fingerprint density at radius 2 is 1.89 bits per heavy atom. The van der Waals surface area contributed by atoms with Gasteiger partial charge in [-0.1, -0.05) is 28.1 Å². The predicted molar refractivity (Wildman–Crippen MR) is 123 cm³/mol. The Balaban J connectivity index is 0.00000261. The molecule has 0 radical (unpaired) electrons. The molecule has 0 saturated heterocycles. The minimum atomic E-state index is -0.150. The zero-order valence-corrected chi connectivity index (χ0v) is 19.2. The van der Waals surface area contributed by atoms with Crippen molar-refractivity contribution in [2.24, 2.45) is 4.99 Å². The topological polar surface area (TPSA) is 69.8 Å². The van der Waals surface area contributed by atoms with Crippen molar-refractivity contribution in [2.75, 3.05) is 6.54 Å². The van der Waals surface area contributed by atoms with Crippen LogP contribution >= 0.6 is 39.9 Å². The quantitative estimate of drug-likeness (QED) is 0.287. The van der Waals surface area contributed by atoms with Gasteiger partial charge in [0, 0.05) is 23.5 Å². The van der Waals surface area contributed by atoms with Gasteiger partial charge in [-0.25, -0.2) is 4.99 Å². The molecule has 3 rings (SSSR count). The molecule has 1 aliphatic carbocycles. The summed E-state index contributed by atoms with van der Waals surface area (Å²) in [5.74, 6) is 1.78. The first-order valence-corrected chi connectivity index (χ1v) is 9.98. The monoisotopic (exact) mass is 547 g/mol. The van der Waals surface area contributed by atoms with Crippen LogP contribution in [0, 0.1) is 0 Å². The lowest BCUT2D eigenvalue weighted by Crippen LogP contribution is -2.45. The summed E-state index contributed by atoms with van der Waals surface area (Å²) in [7, 11) is 0. The molecule has 1 fully saturated rings. The Morgan fingerprint density at radius 3 is 2.56 bits per heavy atom. The van der Waals surface area contributed by atoms with Gasteiger partial charge in [0.15, 0.2) is 5.96 Å². The number of halogens is 2. The molecule has 3 N–H and O–H groups in total. The van der Waals surface area contributed by atoms with Crippen LogP contribution in [-0.2, 0) is 13.0 Å². The normalized spacial score (nSPS) is 20.0. The second-order valence-corrected chi connectivity index (χ2v) is 7.61. The van der Waals surface area contributed by atoms with Crippen LogP contribution in [0.2, 0.25) is 0 Å². The van der Waals surface area contributed by atoms with Crippen molar-refractivity contribution >= 4 is 45.9 Å². The van der Waals surface area contributed by atoms with E-state index < -0.39 is 0 Å². The highest BCUT2D eigenvalue weighted by Crippen LogP contribution is 2.18. The van der Waals surface area contributed by atoms with Crippen molar-refractivity contribution in [3.8, 4) is 0 Å². The van der Waals surface area contributed by atoms with E-state index in [-0.39, 0.29) is 30.1 Å². The highest BCUT2D eigenvalue weighted by Gasteiger charge is 2.20. The lowest BCUT2D eigenvalue weighted by Gasteiger charge is -2.27. The summed E-state index contributed by atoms with van der Waals surface area (Å²) in [6.45, 7) is 1.38. The van der Waals surface area contributed by atoms with E-state index in [1.165, 1.54) is 5.56 Å². The number of benzene rings is 1. The van der Waals surface area contributed by atoms with E-state index in [4.69, 9.17) is 9.41 Å². The van der Waals surface area contributed by atoms with E-state index in [1.54, 1.807) is 6.26 Å². The van der Waals surface area contributed by atoms with Crippen LogP contribution < -0.4 is 10.6 Å². The van der Waals surface area contributed by atoms with Gasteiger partial charge in [0.05, 0.1) is 18.9 Å². The summed E-state index contributed by atoms with van der Waals surface area (Å²) < 4.78 is 6.46. The van der Waals surface area contributed by atoms with Gasteiger partial charge in [0.1, 0.15) is 5.76 Å². The Morgan fingerprint density at radius 1 is 1.15 bits per heavy atom. The highest BCUT2D eigenvalue weighted by atomic mass is 127. The SMILES string of the molecule is I.OC1CCC(NC(=NCc2ccc(Br)cc2)NCCc2ccco2)CC1. The molecule has 0 aliphatic heterocycles. The predicted octanol–water partition coefficient (Wildman–Crippen LogP) is 4.24. The van der Waals surface area contributed by atoms with E-state index >= 15 is 0 Å². The van der Waals surface area contributed by atoms with E-state index in [2.05, 4.69) is 38.7 Å². The van der Waals surface area contributed by atoms with Gasteiger partial charge < -0.3 is 20.2 Å². The van der Waals surface area contributed by atoms with Crippen LogP contribution in [0.1, 0.15) is 37.0 Å². The number of hydrogen-bond donors (Lipinski definition) is 3. The van der Waals surface area contributed by atoms with Crippen molar-refractivity contribution in [3.05, 3.63) is 58.5 Å².